The Balaban J connectivity index is 1.21. The summed E-state index contributed by atoms with van der Waals surface area (Å²) in [5, 5.41) is 6.45. The molecule has 5 rings (SSSR count). The number of nitrogens with one attached hydrogen (secondary N) is 2. The van der Waals surface area contributed by atoms with E-state index < -0.39 is 0 Å². The quantitative estimate of drug-likeness (QED) is 0.811. The molecule has 7 nitrogen and oxygen atoms in total. The zero-order chi connectivity index (χ0) is 19.6. The van der Waals surface area contributed by atoms with Gasteiger partial charge in [-0.1, -0.05) is 31.0 Å². The van der Waals surface area contributed by atoms with Gasteiger partial charge in [0.2, 0.25) is 5.95 Å². The van der Waals surface area contributed by atoms with Crippen LogP contribution in [-0.2, 0) is 9.47 Å². The summed E-state index contributed by atoms with van der Waals surface area (Å²) in [6.07, 6.45) is 6.50. The Labute approximate surface area is 170 Å². The molecule has 0 unspecified atom stereocenters. The smallest absolute Gasteiger partial charge is 0.251 e. The van der Waals surface area contributed by atoms with Crippen LogP contribution in [0.4, 0.5) is 5.95 Å². The van der Waals surface area contributed by atoms with Crippen LogP contribution < -0.4 is 10.6 Å². The van der Waals surface area contributed by atoms with Gasteiger partial charge in [-0.2, -0.15) is 0 Å². The van der Waals surface area contributed by atoms with Crippen molar-refractivity contribution < 1.29 is 14.3 Å². The van der Waals surface area contributed by atoms with Crippen LogP contribution in [0.15, 0.2) is 42.6 Å². The van der Waals surface area contributed by atoms with Gasteiger partial charge in [0, 0.05) is 23.4 Å². The predicted molar refractivity (Wildman–Crippen MR) is 108 cm³/mol. The summed E-state index contributed by atoms with van der Waals surface area (Å²) in [5.74, 6) is 1.07. The first-order valence-corrected chi connectivity index (χ1v) is 10.5. The zero-order valence-electron chi connectivity index (χ0n) is 16.3. The highest BCUT2D eigenvalue weighted by Crippen LogP contribution is 2.33. The Morgan fingerprint density at radius 3 is 2.48 bits per heavy atom. The van der Waals surface area contributed by atoms with Crippen LogP contribution in [-0.4, -0.2) is 53.4 Å². The van der Waals surface area contributed by atoms with E-state index in [1.807, 2.05) is 30.5 Å². The van der Waals surface area contributed by atoms with Crippen LogP contribution >= 0.6 is 0 Å². The van der Waals surface area contributed by atoms with Crippen molar-refractivity contribution in [3.8, 4) is 0 Å². The van der Waals surface area contributed by atoms with E-state index in [0.717, 1.165) is 5.69 Å². The number of anilines is 1. The SMILES string of the molecule is O=C(N[C@H]1CO[C@H]2[C@@H]1OC[C@@H]2Nc1nccc(C2CCCC2)n1)c1ccccc1. The second-order valence-corrected chi connectivity index (χ2v) is 8.08. The van der Waals surface area contributed by atoms with E-state index >= 15 is 0 Å². The number of rotatable bonds is 5. The molecule has 2 aromatic rings. The monoisotopic (exact) mass is 394 g/mol. The van der Waals surface area contributed by atoms with Crippen LogP contribution in [0.2, 0.25) is 0 Å². The normalized spacial score (nSPS) is 29.0. The molecule has 2 aliphatic heterocycles. The maximum absolute atomic E-state index is 12.5. The molecular weight excluding hydrogens is 368 g/mol. The fraction of sp³-hybridized carbons (Fsp3) is 0.500. The van der Waals surface area contributed by atoms with E-state index in [4.69, 9.17) is 14.5 Å². The minimum absolute atomic E-state index is 0.0301. The molecule has 2 saturated heterocycles. The first-order chi connectivity index (χ1) is 14.3. The van der Waals surface area contributed by atoms with Crippen molar-refractivity contribution in [1.82, 2.24) is 15.3 Å². The summed E-state index contributed by atoms with van der Waals surface area (Å²) in [5.41, 5.74) is 1.76. The van der Waals surface area contributed by atoms with Gasteiger partial charge in [0.05, 0.1) is 25.3 Å². The Morgan fingerprint density at radius 1 is 0.966 bits per heavy atom. The van der Waals surface area contributed by atoms with Gasteiger partial charge in [-0.3, -0.25) is 4.79 Å². The molecule has 1 aromatic heterocycles. The maximum Gasteiger partial charge on any atom is 0.251 e. The Morgan fingerprint density at radius 2 is 1.69 bits per heavy atom. The predicted octanol–water partition coefficient (Wildman–Crippen LogP) is 2.51. The van der Waals surface area contributed by atoms with Crippen molar-refractivity contribution in [3.63, 3.8) is 0 Å². The van der Waals surface area contributed by atoms with Crippen LogP contribution in [0.1, 0.15) is 47.7 Å². The molecule has 0 bridgehead atoms. The van der Waals surface area contributed by atoms with Gasteiger partial charge in [-0.25, -0.2) is 9.97 Å². The fourth-order valence-electron chi connectivity index (χ4n) is 4.64. The molecule has 7 heteroatoms. The Kier molecular flexibility index (Phi) is 5.16. The average molecular weight is 394 g/mol. The Bertz CT molecular complexity index is 856. The van der Waals surface area contributed by atoms with Crippen molar-refractivity contribution >= 4 is 11.9 Å². The number of aromatic nitrogens is 2. The number of nitrogens with zero attached hydrogens (tertiary/aromatic N) is 2. The lowest BCUT2D eigenvalue weighted by molar-refractivity contribution is 0.0652. The lowest BCUT2D eigenvalue weighted by atomic mass is 10.0. The van der Waals surface area contributed by atoms with E-state index in [0.29, 0.717) is 30.6 Å². The summed E-state index contributed by atoms with van der Waals surface area (Å²) in [7, 11) is 0. The number of carbonyl (C=O) groups excluding carboxylic acids is 1. The van der Waals surface area contributed by atoms with E-state index in [9.17, 15) is 4.79 Å². The molecule has 3 heterocycles. The molecule has 152 valence electrons. The molecule has 1 aliphatic carbocycles. The third-order valence-electron chi connectivity index (χ3n) is 6.17. The lowest BCUT2D eigenvalue weighted by Crippen LogP contribution is -2.44. The third-order valence-corrected chi connectivity index (χ3v) is 6.17. The summed E-state index contributed by atoms with van der Waals surface area (Å²) in [4.78, 5) is 21.6. The summed E-state index contributed by atoms with van der Waals surface area (Å²) >= 11 is 0. The first kappa shape index (κ1) is 18.5. The van der Waals surface area contributed by atoms with Crippen molar-refractivity contribution in [2.75, 3.05) is 18.5 Å². The van der Waals surface area contributed by atoms with Crippen molar-refractivity contribution in [3.05, 3.63) is 53.9 Å². The second kappa shape index (κ2) is 8.08. The van der Waals surface area contributed by atoms with E-state index in [2.05, 4.69) is 15.6 Å². The third kappa shape index (κ3) is 3.84. The second-order valence-electron chi connectivity index (χ2n) is 8.08. The first-order valence-electron chi connectivity index (χ1n) is 10.5. The average Bonchev–Trinajstić information content (AvgIpc) is 3.49. The lowest BCUT2D eigenvalue weighted by Gasteiger charge is -2.19. The number of hydrogen-bond acceptors (Lipinski definition) is 6. The van der Waals surface area contributed by atoms with E-state index in [-0.39, 0.29) is 30.2 Å². The molecule has 3 aliphatic rings. The number of carbonyl (C=O) groups is 1. The van der Waals surface area contributed by atoms with E-state index in [1.54, 1.807) is 12.1 Å². The number of ether oxygens (including phenoxy) is 2. The van der Waals surface area contributed by atoms with Crippen LogP contribution in [0.5, 0.6) is 0 Å². The largest absolute Gasteiger partial charge is 0.371 e. The minimum atomic E-state index is -0.168. The number of hydrogen-bond donors (Lipinski definition) is 2. The number of amides is 1. The van der Waals surface area contributed by atoms with Gasteiger partial charge in [0.1, 0.15) is 12.2 Å². The maximum atomic E-state index is 12.5. The van der Waals surface area contributed by atoms with E-state index in [1.165, 1.54) is 25.7 Å². The van der Waals surface area contributed by atoms with Crippen LogP contribution in [0.25, 0.3) is 0 Å². The molecule has 1 aromatic carbocycles. The topological polar surface area (TPSA) is 85.4 Å². The molecule has 4 atom stereocenters. The van der Waals surface area contributed by atoms with Crippen molar-refractivity contribution in [1.29, 1.82) is 0 Å². The van der Waals surface area contributed by atoms with Gasteiger partial charge in [0.15, 0.2) is 0 Å². The van der Waals surface area contributed by atoms with Gasteiger partial charge in [0.25, 0.3) is 5.91 Å². The van der Waals surface area contributed by atoms with Gasteiger partial charge in [-0.15, -0.1) is 0 Å². The molecule has 1 saturated carbocycles. The number of benzene rings is 1. The van der Waals surface area contributed by atoms with Gasteiger partial charge in [-0.05, 0) is 31.0 Å². The van der Waals surface area contributed by atoms with Crippen molar-refractivity contribution in [2.24, 2.45) is 0 Å². The molecular formula is C22H26N4O3. The highest BCUT2D eigenvalue weighted by Gasteiger charge is 2.48. The fourth-order valence-corrected chi connectivity index (χ4v) is 4.64. The zero-order valence-corrected chi connectivity index (χ0v) is 16.3. The van der Waals surface area contributed by atoms with Crippen LogP contribution in [0, 0.1) is 0 Å². The molecule has 1 amide bonds. The molecule has 0 radical (unpaired) electrons. The standard InChI is InChI=1S/C22H26N4O3/c27-21(15-8-2-1-3-9-15)24-17-12-28-20-18(13-29-19(17)20)26-22-23-11-10-16(25-22)14-6-4-5-7-14/h1-3,8-11,14,17-20H,4-7,12-13H2,(H,24,27)(H,23,25,26)/t17-,18-,19+,20+/m0/s1. The summed E-state index contributed by atoms with van der Waals surface area (Å²) in [6, 6.07) is 11.0. The summed E-state index contributed by atoms with van der Waals surface area (Å²) in [6.45, 7) is 0.944. The molecule has 0 spiro atoms. The Hall–Kier alpha value is -2.51. The van der Waals surface area contributed by atoms with Gasteiger partial charge >= 0.3 is 0 Å². The molecule has 2 N–H and O–H groups in total. The van der Waals surface area contributed by atoms with Gasteiger partial charge < -0.3 is 20.1 Å². The molecule has 3 fully saturated rings. The van der Waals surface area contributed by atoms with Crippen LogP contribution in [0.3, 0.4) is 0 Å². The highest BCUT2D eigenvalue weighted by atomic mass is 16.6. The highest BCUT2D eigenvalue weighted by molar-refractivity contribution is 5.94. The molecule has 29 heavy (non-hydrogen) atoms. The number of fused-ring (bicyclic) bond motifs is 1. The minimum Gasteiger partial charge on any atom is -0.371 e. The summed E-state index contributed by atoms with van der Waals surface area (Å²) < 4.78 is 12.0. The van der Waals surface area contributed by atoms with Crippen molar-refractivity contribution in [2.45, 2.75) is 55.9 Å².